The zero-order chi connectivity index (χ0) is 11.5. The summed E-state index contributed by atoms with van der Waals surface area (Å²) in [5.74, 6) is 0. The number of hydrogen-bond donors (Lipinski definition) is 2. The van der Waals surface area contributed by atoms with Crippen molar-refractivity contribution in [3.8, 4) is 0 Å². The molecule has 1 rings (SSSR count). The number of nitrogens with one attached hydrogen (secondary N) is 1. The fourth-order valence-corrected chi connectivity index (χ4v) is 2.22. The fourth-order valence-electron chi connectivity index (χ4n) is 1.05. The maximum atomic E-state index is 11.7. The standard InChI is InChI=1S/C10H15N2O2S/c1-8-3-5-10(6-4-8)15(13,14)12-9(2)7-11/h3-6,9,12H,2,7,11H2,1H3. The van der Waals surface area contributed by atoms with E-state index in [2.05, 4.69) is 11.6 Å². The summed E-state index contributed by atoms with van der Waals surface area (Å²) < 4.78 is 25.8. The topological polar surface area (TPSA) is 72.2 Å². The second-order valence-electron chi connectivity index (χ2n) is 3.37. The quantitative estimate of drug-likeness (QED) is 0.783. The molecule has 0 saturated heterocycles. The minimum Gasteiger partial charge on any atom is -0.329 e. The third kappa shape index (κ3) is 3.30. The highest BCUT2D eigenvalue weighted by Gasteiger charge is 2.15. The molecular weight excluding hydrogens is 212 g/mol. The molecule has 0 aliphatic carbocycles. The smallest absolute Gasteiger partial charge is 0.240 e. The van der Waals surface area contributed by atoms with Gasteiger partial charge in [-0.25, -0.2) is 13.1 Å². The van der Waals surface area contributed by atoms with E-state index >= 15 is 0 Å². The number of sulfonamides is 1. The van der Waals surface area contributed by atoms with Gasteiger partial charge in [0.25, 0.3) is 0 Å². The van der Waals surface area contributed by atoms with Crippen LogP contribution in [0.15, 0.2) is 29.2 Å². The highest BCUT2D eigenvalue weighted by molar-refractivity contribution is 7.89. The molecule has 0 aliphatic heterocycles. The van der Waals surface area contributed by atoms with E-state index in [-0.39, 0.29) is 11.4 Å². The van der Waals surface area contributed by atoms with E-state index in [0.717, 1.165) is 5.56 Å². The van der Waals surface area contributed by atoms with E-state index in [1.54, 1.807) is 24.3 Å². The highest BCUT2D eigenvalue weighted by Crippen LogP contribution is 2.09. The van der Waals surface area contributed by atoms with Gasteiger partial charge in [-0.2, -0.15) is 0 Å². The second-order valence-corrected chi connectivity index (χ2v) is 5.08. The first kappa shape index (κ1) is 12.2. The van der Waals surface area contributed by atoms with Gasteiger partial charge in [0.15, 0.2) is 0 Å². The summed E-state index contributed by atoms with van der Waals surface area (Å²) in [6.45, 7) is 5.64. The molecule has 1 atom stereocenters. The van der Waals surface area contributed by atoms with Crippen molar-refractivity contribution in [2.45, 2.75) is 17.9 Å². The zero-order valence-electron chi connectivity index (χ0n) is 8.60. The Balaban J connectivity index is 2.91. The van der Waals surface area contributed by atoms with E-state index < -0.39 is 16.1 Å². The molecule has 5 heteroatoms. The van der Waals surface area contributed by atoms with Gasteiger partial charge in [-0.15, -0.1) is 0 Å². The fraction of sp³-hybridized carbons (Fsp3) is 0.300. The molecule has 0 spiro atoms. The van der Waals surface area contributed by atoms with Crippen LogP contribution in [0.4, 0.5) is 0 Å². The van der Waals surface area contributed by atoms with Gasteiger partial charge in [0.1, 0.15) is 0 Å². The summed E-state index contributed by atoms with van der Waals surface area (Å²) in [6.07, 6.45) is 0. The van der Waals surface area contributed by atoms with Crippen LogP contribution in [0, 0.1) is 13.8 Å². The Hall–Kier alpha value is -0.910. The molecule has 1 aromatic rings. The van der Waals surface area contributed by atoms with Crippen LogP contribution in [-0.2, 0) is 10.0 Å². The van der Waals surface area contributed by atoms with Crippen LogP contribution in [0.1, 0.15) is 5.56 Å². The van der Waals surface area contributed by atoms with Crippen LogP contribution >= 0.6 is 0 Å². The Labute approximate surface area is 90.5 Å². The summed E-state index contributed by atoms with van der Waals surface area (Å²) in [4.78, 5) is 0.232. The molecular formula is C10H15N2O2S. The monoisotopic (exact) mass is 227 g/mol. The van der Waals surface area contributed by atoms with Gasteiger partial charge >= 0.3 is 0 Å². The van der Waals surface area contributed by atoms with Gasteiger partial charge < -0.3 is 5.73 Å². The van der Waals surface area contributed by atoms with E-state index in [1.807, 2.05) is 6.92 Å². The molecule has 0 amide bonds. The molecule has 3 N–H and O–H groups in total. The molecule has 0 aliphatic rings. The number of nitrogens with two attached hydrogens (primary N) is 1. The Morgan fingerprint density at radius 1 is 1.40 bits per heavy atom. The second kappa shape index (κ2) is 4.74. The minimum atomic E-state index is -3.48. The van der Waals surface area contributed by atoms with Crippen molar-refractivity contribution >= 4 is 10.0 Å². The van der Waals surface area contributed by atoms with Crippen LogP contribution in [-0.4, -0.2) is 21.0 Å². The van der Waals surface area contributed by atoms with Crippen molar-refractivity contribution in [2.75, 3.05) is 6.54 Å². The number of aryl methyl sites for hydroxylation is 1. The lowest BCUT2D eigenvalue weighted by atomic mass is 10.2. The summed E-state index contributed by atoms with van der Waals surface area (Å²) in [6, 6.07) is 6.10. The van der Waals surface area contributed by atoms with Gasteiger partial charge in [-0.05, 0) is 26.0 Å². The average molecular weight is 227 g/mol. The Morgan fingerprint density at radius 3 is 2.40 bits per heavy atom. The van der Waals surface area contributed by atoms with Crippen molar-refractivity contribution in [3.05, 3.63) is 36.8 Å². The van der Waals surface area contributed by atoms with Crippen molar-refractivity contribution in [1.29, 1.82) is 0 Å². The first-order valence-electron chi connectivity index (χ1n) is 4.58. The first-order chi connectivity index (χ1) is 6.95. The minimum absolute atomic E-state index is 0.172. The molecule has 1 unspecified atom stereocenters. The molecule has 0 bridgehead atoms. The summed E-state index contributed by atoms with van der Waals surface area (Å²) in [5, 5.41) is 0. The largest absolute Gasteiger partial charge is 0.329 e. The Kier molecular flexibility index (Phi) is 3.84. The van der Waals surface area contributed by atoms with Crippen molar-refractivity contribution in [1.82, 2.24) is 4.72 Å². The third-order valence-electron chi connectivity index (χ3n) is 1.94. The SMILES string of the molecule is [CH2]C(CN)NS(=O)(=O)c1ccc(C)cc1. The zero-order valence-corrected chi connectivity index (χ0v) is 9.42. The number of hydrogen-bond acceptors (Lipinski definition) is 3. The number of rotatable bonds is 4. The molecule has 0 aromatic heterocycles. The van der Waals surface area contributed by atoms with Crippen LogP contribution in [0.25, 0.3) is 0 Å². The Morgan fingerprint density at radius 2 is 1.93 bits per heavy atom. The van der Waals surface area contributed by atoms with Gasteiger partial charge in [0.05, 0.1) is 4.90 Å². The molecule has 0 fully saturated rings. The third-order valence-corrected chi connectivity index (χ3v) is 3.47. The molecule has 15 heavy (non-hydrogen) atoms. The molecule has 0 saturated carbocycles. The van der Waals surface area contributed by atoms with Gasteiger partial charge in [0, 0.05) is 12.6 Å². The van der Waals surface area contributed by atoms with E-state index in [9.17, 15) is 8.42 Å². The Bertz CT molecular complexity index is 412. The number of benzene rings is 1. The van der Waals surface area contributed by atoms with Gasteiger partial charge in [-0.1, -0.05) is 17.7 Å². The van der Waals surface area contributed by atoms with E-state index in [4.69, 9.17) is 5.73 Å². The van der Waals surface area contributed by atoms with Gasteiger partial charge in [0.2, 0.25) is 10.0 Å². The first-order valence-corrected chi connectivity index (χ1v) is 6.06. The summed E-state index contributed by atoms with van der Waals surface area (Å²) in [5.41, 5.74) is 6.30. The summed E-state index contributed by atoms with van der Waals surface area (Å²) in [7, 11) is -3.48. The molecule has 0 heterocycles. The normalized spacial score (nSPS) is 13.8. The van der Waals surface area contributed by atoms with Crippen molar-refractivity contribution in [3.63, 3.8) is 0 Å². The lowest BCUT2D eigenvalue weighted by molar-refractivity contribution is 0.571. The van der Waals surface area contributed by atoms with Crippen LogP contribution in [0.5, 0.6) is 0 Å². The van der Waals surface area contributed by atoms with E-state index in [1.165, 1.54) is 0 Å². The average Bonchev–Trinajstić information content (AvgIpc) is 2.17. The molecule has 1 aromatic carbocycles. The molecule has 4 nitrogen and oxygen atoms in total. The predicted molar refractivity (Wildman–Crippen MR) is 59.7 cm³/mol. The van der Waals surface area contributed by atoms with Crippen molar-refractivity contribution in [2.24, 2.45) is 5.73 Å². The summed E-state index contributed by atoms with van der Waals surface area (Å²) >= 11 is 0. The highest BCUT2D eigenvalue weighted by atomic mass is 32.2. The maximum absolute atomic E-state index is 11.7. The van der Waals surface area contributed by atoms with Gasteiger partial charge in [-0.3, -0.25) is 0 Å². The molecule has 1 radical (unpaired) electrons. The lowest BCUT2D eigenvalue weighted by Crippen LogP contribution is -2.37. The van der Waals surface area contributed by atoms with Crippen LogP contribution in [0.2, 0.25) is 0 Å². The lowest BCUT2D eigenvalue weighted by Gasteiger charge is -2.11. The van der Waals surface area contributed by atoms with E-state index in [0.29, 0.717) is 0 Å². The molecule has 83 valence electrons. The maximum Gasteiger partial charge on any atom is 0.240 e. The van der Waals surface area contributed by atoms with Crippen LogP contribution in [0.3, 0.4) is 0 Å². The van der Waals surface area contributed by atoms with Crippen LogP contribution < -0.4 is 10.5 Å². The predicted octanol–water partition coefficient (Wildman–Crippen LogP) is 0.435. The van der Waals surface area contributed by atoms with Crippen molar-refractivity contribution < 1.29 is 8.42 Å².